The summed E-state index contributed by atoms with van der Waals surface area (Å²) in [6, 6.07) is 8.36. The Bertz CT molecular complexity index is 450. The van der Waals surface area contributed by atoms with Crippen molar-refractivity contribution in [2.75, 3.05) is 6.54 Å². The Morgan fingerprint density at radius 1 is 1.25 bits per heavy atom. The van der Waals surface area contributed by atoms with Crippen molar-refractivity contribution in [3.8, 4) is 0 Å². The van der Waals surface area contributed by atoms with Crippen LogP contribution in [0.3, 0.4) is 0 Å². The molecule has 0 aliphatic rings. The van der Waals surface area contributed by atoms with E-state index in [0.717, 1.165) is 28.0 Å². The van der Waals surface area contributed by atoms with Crippen LogP contribution in [0.4, 0.5) is 0 Å². The highest BCUT2D eigenvalue weighted by molar-refractivity contribution is 9.10. The summed E-state index contributed by atoms with van der Waals surface area (Å²) in [5.41, 5.74) is 7.90. The van der Waals surface area contributed by atoms with Crippen LogP contribution in [0.2, 0.25) is 0 Å². The topological polar surface area (TPSA) is 38.9 Å². The van der Waals surface area contributed by atoms with Crippen LogP contribution in [-0.2, 0) is 12.8 Å². The minimum atomic E-state index is 0.668. The van der Waals surface area contributed by atoms with Crippen LogP contribution < -0.4 is 5.73 Å². The van der Waals surface area contributed by atoms with Gasteiger partial charge < -0.3 is 5.73 Å². The number of rotatable bonds is 4. The van der Waals surface area contributed by atoms with E-state index in [1.807, 2.05) is 0 Å². The maximum absolute atomic E-state index is 5.50. The standard InChI is InChI=1S/C12H13BrN2S/c13-10-3-1-9(2-4-10)7-12-15-11(5-6-14)8-16-12/h1-4,8H,5-7,14H2. The highest BCUT2D eigenvalue weighted by atomic mass is 79.9. The van der Waals surface area contributed by atoms with Crippen LogP contribution in [0.1, 0.15) is 16.3 Å². The zero-order valence-electron chi connectivity index (χ0n) is 8.82. The minimum absolute atomic E-state index is 0.668. The maximum atomic E-state index is 5.50. The summed E-state index contributed by atoms with van der Waals surface area (Å²) in [5, 5.41) is 3.26. The molecule has 0 aliphatic heterocycles. The number of benzene rings is 1. The van der Waals surface area contributed by atoms with Gasteiger partial charge in [-0.3, -0.25) is 0 Å². The fourth-order valence-corrected chi connectivity index (χ4v) is 2.60. The molecule has 0 radical (unpaired) electrons. The van der Waals surface area contributed by atoms with Crippen LogP contribution >= 0.6 is 27.3 Å². The highest BCUT2D eigenvalue weighted by Crippen LogP contribution is 2.17. The van der Waals surface area contributed by atoms with E-state index in [1.54, 1.807) is 11.3 Å². The first kappa shape index (κ1) is 11.8. The van der Waals surface area contributed by atoms with Crippen molar-refractivity contribution in [3.63, 3.8) is 0 Å². The van der Waals surface area contributed by atoms with Gasteiger partial charge >= 0.3 is 0 Å². The van der Waals surface area contributed by atoms with E-state index in [4.69, 9.17) is 5.73 Å². The van der Waals surface area contributed by atoms with Gasteiger partial charge in [0.1, 0.15) is 0 Å². The summed E-state index contributed by atoms with van der Waals surface area (Å²) in [7, 11) is 0. The normalized spacial score (nSPS) is 10.6. The second-order valence-corrected chi connectivity index (χ2v) is 5.43. The van der Waals surface area contributed by atoms with Gasteiger partial charge in [0.2, 0.25) is 0 Å². The molecule has 2 aromatic rings. The quantitative estimate of drug-likeness (QED) is 0.942. The van der Waals surface area contributed by atoms with E-state index < -0.39 is 0 Å². The Hall–Kier alpha value is -0.710. The Morgan fingerprint density at radius 3 is 2.69 bits per heavy atom. The lowest BCUT2D eigenvalue weighted by molar-refractivity contribution is 0.922. The molecule has 2 rings (SSSR count). The number of thiazole rings is 1. The van der Waals surface area contributed by atoms with E-state index in [9.17, 15) is 0 Å². The first-order valence-corrected chi connectivity index (χ1v) is 6.83. The van der Waals surface area contributed by atoms with Gasteiger partial charge in [0.25, 0.3) is 0 Å². The van der Waals surface area contributed by atoms with Gasteiger partial charge in [-0.05, 0) is 24.2 Å². The fraction of sp³-hybridized carbons (Fsp3) is 0.250. The third-order valence-corrected chi connectivity index (χ3v) is 3.69. The molecule has 84 valence electrons. The second kappa shape index (κ2) is 5.57. The van der Waals surface area contributed by atoms with Crippen molar-refractivity contribution >= 4 is 27.3 Å². The molecule has 16 heavy (non-hydrogen) atoms. The summed E-state index contributed by atoms with van der Waals surface area (Å²) < 4.78 is 1.11. The molecule has 0 atom stereocenters. The lowest BCUT2D eigenvalue weighted by Crippen LogP contribution is -2.02. The van der Waals surface area contributed by atoms with Gasteiger partial charge in [0, 0.05) is 22.7 Å². The molecule has 2 nitrogen and oxygen atoms in total. The molecule has 0 bridgehead atoms. The molecular weight excluding hydrogens is 284 g/mol. The van der Waals surface area contributed by atoms with E-state index in [2.05, 4.69) is 50.6 Å². The van der Waals surface area contributed by atoms with E-state index in [-0.39, 0.29) is 0 Å². The average Bonchev–Trinajstić information content (AvgIpc) is 2.70. The van der Waals surface area contributed by atoms with Gasteiger partial charge in [-0.15, -0.1) is 11.3 Å². The summed E-state index contributed by atoms with van der Waals surface area (Å²) in [6.07, 6.45) is 1.78. The Morgan fingerprint density at radius 2 is 2.00 bits per heavy atom. The third-order valence-electron chi connectivity index (χ3n) is 2.27. The van der Waals surface area contributed by atoms with Gasteiger partial charge in [-0.25, -0.2) is 4.98 Å². The third kappa shape index (κ3) is 3.14. The molecule has 2 N–H and O–H groups in total. The van der Waals surface area contributed by atoms with Gasteiger partial charge in [0.15, 0.2) is 0 Å². The van der Waals surface area contributed by atoms with Crippen molar-refractivity contribution < 1.29 is 0 Å². The number of aromatic nitrogens is 1. The largest absolute Gasteiger partial charge is 0.330 e. The number of nitrogens with two attached hydrogens (primary N) is 1. The van der Waals surface area contributed by atoms with Crippen molar-refractivity contribution in [1.29, 1.82) is 0 Å². The molecule has 0 saturated carbocycles. The molecule has 1 aromatic heterocycles. The molecule has 0 saturated heterocycles. The van der Waals surface area contributed by atoms with Crippen LogP contribution in [0, 0.1) is 0 Å². The molecule has 1 aromatic carbocycles. The zero-order valence-corrected chi connectivity index (χ0v) is 11.2. The Labute approximate surface area is 108 Å². The van der Waals surface area contributed by atoms with E-state index in [1.165, 1.54) is 5.56 Å². The number of hydrogen-bond acceptors (Lipinski definition) is 3. The molecule has 0 amide bonds. The van der Waals surface area contributed by atoms with Crippen molar-refractivity contribution in [2.45, 2.75) is 12.8 Å². The minimum Gasteiger partial charge on any atom is -0.330 e. The van der Waals surface area contributed by atoms with Crippen LogP contribution in [0.5, 0.6) is 0 Å². The average molecular weight is 297 g/mol. The zero-order chi connectivity index (χ0) is 11.4. The molecule has 0 unspecified atom stereocenters. The Balaban J connectivity index is 2.05. The SMILES string of the molecule is NCCc1csc(Cc2ccc(Br)cc2)n1. The van der Waals surface area contributed by atoms with E-state index >= 15 is 0 Å². The summed E-state index contributed by atoms with van der Waals surface area (Å²) >= 11 is 5.14. The highest BCUT2D eigenvalue weighted by Gasteiger charge is 2.02. The predicted octanol–water partition coefficient (Wildman–Crippen LogP) is 3.00. The molecule has 1 heterocycles. The van der Waals surface area contributed by atoms with Crippen molar-refractivity contribution in [1.82, 2.24) is 4.98 Å². The molecule has 4 heteroatoms. The number of halogens is 1. The Kier molecular flexibility index (Phi) is 4.09. The second-order valence-electron chi connectivity index (χ2n) is 3.57. The lowest BCUT2D eigenvalue weighted by atomic mass is 10.2. The molecule has 0 spiro atoms. The molecule has 0 aliphatic carbocycles. The smallest absolute Gasteiger partial charge is 0.0972 e. The van der Waals surface area contributed by atoms with Gasteiger partial charge in [0.05, 0.1) is 10.7 Å². The molecular formula is C12H13BrN2S. The predicted molar refractivity (Wildman–Crippen MR) is 71.8 cm³/mol. The van der Waals surface area contributed by atoms with E-state index in [0.29, 0.717) is 6.54 Å². The first-order valence-electron chi connectivity index (χ1n) is 5.15. The molecule has 0 fully saturated rings. The van der Waals surface area contributed by atoms with Crippen LogP contribution in [-0.4, -0.2) is 11.5 Å². The van der Waals surface area contributed by atoms with Gasteiger partial charge in [-0.1, -0.05) is 28.1 Å². The van der Waals surface area contributed by atoms with Crippen molar-refractivity contribution in [3.05, 3.63) is 50.4 Å². The fourth-order valence-electron chi connectivity index (χ4n) is 1.47. The lowest BCUT2D eigenvalue weighted by Gasteiger charge is -1.97. The number of hydrogen-bond donors (Lipinski definition) is 1. The van der Waals surface area contributed by atoms with Crippen LogP contribution in [0.25, 0.3) is 0 Å². The number of nitrogens with zero attached hydrogens (tertiary/aromatic N) is 1. The summed E-state index contributed by atoms with van der Waals surface area (Å²) in [4.78, 5) is 4.54. The van der Waals surface area contributed by atoms with Crippen molar-refractivity contribution in [2.24, 2.45) is 5.73 Å². The monoisotopic (exact) mass is 296 g/mol. The maximum Gasteiger partial charge on any atom is 0.0972 e. The van der Waals surface area contributed by atoms with Gasteiger partial charge in [-0.2, -0.15) is 0 Å². The summed E-state index contributed by atoms with van der Waals surface area (Å²) in [6.45, 7) is 0.668. The first-order chi connectivity index (χ1) is 7.78. The summed E-state index contributed by atoms with van der Waals surface area (Å²) in [5.74, 6) is 0. The van der Waals surface area contributed by atoms with Crippen LogP contribution in [0.15, 0.2) is 34.1 Å².